The first kappa shape index (κ1) is 19.9. The predicted molar refractivity (Wildman–Crippen MR) is 117 cm³/mol. The smallest absolute Gasteiger partial charge is 0.195 e. The van der Waals surface area contributed by atoms with Crippen LogP contribution in [-0.2, 0) is 0 Å². The van der Waals surface area contributed by atoms with E-state index in [-0.39, 0.29) is 23.2 Å². The van der Waals surface area contributed by atoms with Gasteiger partial charge in [-0.15, -0.1) is 0 Å². The van der Waals surface area contributed by atoms with Gasteiger partial charge in [0.15, 0.2) is 6.54 Å². The molecule has 0 bridgehead atoms. The van der Waals surface area contributed by atoms with Gasteiger partial charge < -0.3 is 11.5 Å². The van der Waals surface area contributed by atoms with Crippen molar-refractivity contribution in [1.29, 1.82) is 5.26 Å². The number of hydrogen-bond acceptors (Lipinski definition) is 7. The summed E-state index contributed by atoms with van der Waals surface area (Å²) in [6, 6.07) is 4.71. The summed E-state index contributed by atoms with van der Waals surface area (Å²) in [7, 11) is 1.68. The van der Waals surface area contributed by atoms with E-state index in [2.05, 4.69) is 22.4 Å². The van der Waals surface area contributed by atoms with Gasteiger partial charge in [-0.2, -0.15) is 15.0 Å². The molecule has 0 amide bonds. The molecule has 0 radical (unpaired) electrons. The van der Waals surface area contributed by atoms with Gasteiger partial charge >= 0.3 is 0 Å². The normalized spacial score (nSPS) is 27.0. The van der Waals surface area contributed by atoms with Crippen LogP contribution in [0, 0.1) is 11.3 Å². The van der Waals surface area contributed by atoms with Gasteiger partial charge in [0, 0.05) is 32.1 Å². The molecule has 0 saturated heterocycles. The highest BCUT2D eigenvalue weighted by molar-refractivity contribution is 6.12. The highest BCUT2D eigenvalue weighted by atomic mass is 15.6. The Hall–Kier alpha value is -3.35. The van der Waals surface area contributed by atoms with Crippen molar-refractivity contribution in [2.45, 2.75) is 37.8 Å². The van der Waals surface area contributed by atoms with Crippen LogP contribution in [0.25, 0.3) is 16.8 Å². The lowest BCUT2D eigenvalue weighted by molar-refractivity contribution is -0.903. The minimum atomic E-state index is 0.240. The first-order chi connectivity index (χ1) is 14.6. The second-order valence-corrected chi connectivity index (χ2v) is 7.77. The third-order valence-electron chi connectivity index (χ3n) is 5.83. The molecular weight excluding hydrogens is 378 g/mol. The fourth-order valence-corrected chi connectivity index (χ4v) is 4.20. The number of aromatic nitrogens is 3. The molecule has 3 heterocycles. The Labute approximate surface area is 175 Å². The minimum Gasteiger partial charge on any atom is -0.397 e. The molecule has 30 heavy (non-hydrogen) atoms. The van der Waals surface area contributed by atoms with Crippen LogP contribution in [0.2, 0.25) is 0 Å². The van der Waals surface area contributed by atoms with Gasteiger partial charge in [-0.25, -0.2) is 9.50 Å². The van der Waals surface area contributed by atoms with Crippen LogP contribution in [-0.4, -0.2) is 57.3 Å². The lowest BCUT2D eigenvalue weighted by Gasteiger charge is -2.36. The van der Waals surface area contributed by atoms with E-state index >= 15 is 0 Å². The Kier molecular flexibility index (Phi) is 5.44. The molecule has 154 valence electrons. The number of aliphatic imine (C=N–C) groups is 1. The van der Waals surface area contributed by atoms with E-state index in [1.165, 1.54) is 0 Å². The van der Waals surface area contributed by atoms with Crippen LogP contribution in [0.4, 0.5) is 0 Å². The molecule has 9 nitrogen and oxygen atoms in total. The maximum absolute atomic E-state index is 9.51. The zero-order valence-electron chi connectivity index (χ0n) is 17.0. The average Bonchev–Trinajstić information content (AvgIpc) is 3.40. The number of nitriles is 1. The fraction of sp³-hybridized carbons (Fsp3) is 0.381. The van der Waals surface area contributed by atoms with E-state index < -0.39 is 0 Å². The van der Waals surface area contributed by atoms with Crippen molar-refractivity contribution in [3.63, 3.8) is 0 Å². The summed E-state index contributed by atoms with van der Waals surface area (Å²) in [6.07, 6.45) is 14.5. The monoisotopic (exact) mass is 404 g/mol. The number of nitrogens with two attached hydrogens (primary N) is 2. The van der Waals surface area contributed by atoms with E-state index in [1.54, 1.807) is 36.2 Å². The first-order valence-electron chi connectivity index (χ1n) is 10.1. The van der Waals surface area contributed by atoms with Crippen molar-refractivity contribution < 1.29 is 4.59 Å². The molecule has 2 aliphatic rings. The molecule has 0 spiro atoms. The lowest BCUT2D eigenvalue weighted by Crippen LogP contribution is -2.49. The maximum Gasteiger partial charge on any atom is 0.195 e. The van der Waals surface area contributed by atoms with E-state index in [1.807, 2.05) is 12.3 Å². The van der Waals surface area contributed by atoms with E-state index in [0.717, 1.165) is 42.5 Å². The van der Waals surface area contributed by atoms with Crippen LogP contribution in [0.3, 0.4) is 0 Å². The van der Waals surface area contributed by atoms with E-state index in [0.29, 0.717) is 11.4 Å². The zero-order valence-corrected chi connectivity index (χ0v) is 17.0. The Balaban J connectivity index is 1.77. The molecule has 1 fully saturated rings. The quantitative estimate of drug-likeness (QED) is 0.445. The fourth-order valence-electron chi connectivity index (χ4n) is 4.20. The van der Waals surface area contributed by atoms with Crippen molar-refractivity contribution in [2.75, 3.05) is 13.6 Å². The second-order valence-electron chi connectivity index (χ2n) is 7.77. The summed E-state index contributed by atoms with van der Waals surface area (Å²) >= 11 is 0. The van der Waals surface area contributed by atoms with Crippen molar-refractivity contribution in [1.82, 2.24) is 14.6 Å². The van der Waals surface area contributed by atoms with Crippen molar-refractivity contribution in [2.24, 2.45) is 21.6 Å². The summed E-state index contributed by atoms with van der Waals surface area (Å²) in [5.41, 5.74) is 15.8. The molecule has 2 aromatic rings. The number of rotatable bonds is 5. The van der Waals surface area contributed by atoms with Gasteiger partial charge in [-0.3, -0.25) is 4.99 Å². The third-order valence-corrected chi connectivity index (χ3v) is 5.83. The van der Waals surface area contributed by atoms with E-state index in [4.69, 9.17) is 21.6 Å². The summed E-state index contributed by atoms with van der Waals surface area (Å²) in [4.78, 5) is 8.75. The topological polar surface area (TPSA) is 131 Å². The molecule has 1 saturated carbocycles. The molecule has 1 atom stereocenters. The van der Waals surface area contributed by atoms with Crippen LogP contribution >= 0.6 is 0 Å². The SMILES string of the molecule is CN=CC=C(N)c1cn2nccc2c(C2=C[N+](CC#N)(C3CCC(N)CC3)N=C2)n1. The lowest BCUT2D eigenvalue weighted by atomic mass is 9.90. The minimum absolute atomic E-state index is 0.240. The van der Waals surface area contributed by atoms with Crippen LogP contribution < -0.4 is 11.5 Å². The maximum atomic E-state index is 9.51. The highest BCUT2D eigenvalue weighted by Crippen LogP contribution is 2.35. The molecule has 4 N–H and O–H groups in total. The Morgan fingerprint density at radius 1 is 1.40 bits per heavy atom. The molecule has 9 heteroatoms. The molecule has 1 aliphatic carbocycles. The summed E-state index contributed by atoms with van der Waals surface area (Å²) < 4.78 is 2.03. The highest BCUT2D eigenvalue weighted by Gasteiger charge is 2.41. The molecular formula is C21H26N9+. The summed E-state index contributed by atoms with van der Waals surface area (Å²) in [5.74, 6) is 0. The number of allylic oxidation sites excluding steroid dienone is 2. The number of fused-ring (bicyclic) bond motifs is 1. The molecule has 2 aromatic heterocycles. The summed E-state index contributed by atoms with van der Waals surface area (Å²) in [5, 5.41) is 18.7. The molecule has 1 aliphatic heterocycles. The number of hydrogen-bond donors (Lipinski definition) is 2. The second kappa shape index (κ2) is 8.18. The van der Waals surface area contributed by atoms with Crippen LogP contribution in [0.15, 0.2) is 40.8 Å². The standard InChI is InChI=1S/C21H26N9/c1-25-9-6-18(24)19-13-29-20(7-10-26-29)21(28-19)15-12-27-30(14-15,11-8-22)17-4-2-16(23)3-5-17/h6-7,9-10,12-14,16-17H,2-5,11,23-24H2,1H3/q+1. The summed E-state index contributed by atoms with van der Waals surface area (Å²) in [6.45, 7) is 0.282. The van der Waals surface area contributed by atoms with Gasteiger partial charge in [0.1, 0.15) is 29.7 Å². The average molecular weight is 405 g/mol. The number of nitrogens with zero attached hydrogens (tertiary/aromatic N) is 7. The van der Waals surface area contributed by atoms with Gasteiger partial charge in [0.2, 0.25) is 0 Å². The zero-order chi connectivity index (χ0) is 21.1. The first-order valence-corrected chi connectivity index (χ1v) is 10.1. The van der Waals surface area contributed by atoms with Crippen LogP contribution in [0.1, 0.15) is 37.1 Å². The third kappa shape index (κ3) is 3.63. The largest absolute Gasteiger partial charge is 0.397 e. The molecule has 4 rings (SSSR count). The van der Waals surface area contributed by atoms with Crippen molar-refractivity contribution >= 4 is 29.2 Å². The molecule has 1 unspecified atom stereocenters. The predicted octanol–water partition coefficient (Wildman–Crippen LogP) is 1.68. The van der Waals surface area contributed by atoms with Crippen LogP contribution in [0.5, 0.6) is 0 Å². The molecule has 0 aromatic carbocycles. The van der Waals surface area contributed by atoms with Gasteiger partial charge in [0.05, 0.1) is 35.4 Å². The van der Waals surface area contributed by atoms with Gasteiger partial charge in [-0.05, 0) is 25.0 Å². The van der Waals surface area contributed by atoms with Gasteiger partial charge in [0.25, 0.3) is 0 Å². The van der Waals surface area contributed by atoms with Crippen molar-refractivity contribution in [3.8, 4) is 6.07 Å². The van der Waals surface area contributed by atoms with E-state index in [9.17, 15) is 5.26 Å². The Morgan fingerprint density at radius 3 is 2.93 bits per heavy atom. The Morgan fingerprint density at radius 2 is 2.20 bits per heavy atom. The Bertz CT molecular complexity index is 1090. The van der Waals surface area contributed by atoms with Crippen molar-refractivity contribution in [3.05, 3.63) is 42.1 Å². The van der Waals surface area contributed by atoms with Gasteiger partial charge in [-0.1, -0.05) is 5.10 Å². The number of quaternary nitrogens is 1.